The van der Waals surface area contributed by atoms with E-state index in [4.69, 9.17) is 16.3 Å². The van der Waals surface area contributed by atoms with Crippen LogP contribution in [0.1, 0.15) is 24.4 Å². The van der Waals surface area contributed by atoms with Crippen molar-refractivity contribution >= 4 is 41.5 Å². The Balaban J connectivity index is 0.00000300. The molecule has 1 aromatic carbocycles. The van der Waals surface area contributed by atoms with E-state index in [-0.39, 0.29) is 42.0 Å². The van der Waals surface area contributed by atoms with Crippen LogP contribution in [-0.4, -0.2) is 60.8 Å². The van der Waals surface area contributed by atoms with E-state index in [1.807, 2.05) is 41.2 Å². The van der Waals surface area contributed by atoms with Gasteiger partial charge in [0.25, 0.3) is 0 Å². The van der Waals surface area contributed by atoms with Crippen LogP contribution in [0.3, 0.4) is 0 Å². The number of halogens is 2. The number of aromatic nitrogens is 2. The minimum absolute atomic E-state index is 0. The molecule has 1 aromatic heterocycles. The molecule has 3 rings (SSSR count). The third kappa shape index (κ3) is 6.56. The third-order valence-corrected chi connectivity index (χ3v) is 5.50. The van der Waals surface area contributed by atoms with Gasteiger partial charge >= 0.3 is 0 Å². The average Bonchev–Trinajstić information content (AvgIpc) is 3.39. The number of aliphatic hydroxyl groups is 1. The lowest BCUT2D eigenvalue weighted by Crippen LogP contribution is -2.46. The van der Waals surface area contributed by atoms with E-state index in [1.54, 1.807) is 13.2 Å². The van der Waals surface area contributed by atoms with Gasteiger partial charge in [-0.15, -0.1) is 24.0 Å². The molecular weight excluding hydrogens is 505 g/mol. The predicted octanol–water partition coefficient (Wildman–Crippen LogP) is 2.70. The molecule has 1 aliphatic heterocycles. The van der Waals surface area contributed by atoms with Crippen LogP contribution in [0.2, 0.25) is 5.02 Å². The van der Waals surface area contributed by atoms with E-state index in [1.165, 1.54) is 0 Å². The zero-order valence-corrected chi connectivity index (χ0v) is 19.6. The summed E-state index contributed by atoms with van der Waals surface area (Å²) in [6, 6.07) is 9.72. The summed E-state index contributed by atoms with van der Waals surface area (Å²) in [7, 11) is 1.75. The Kier molecular flexibility index (Phi) is 9.67. The quantitative estimate of drug-likeness (QED) is 0.276. The van der Waals surface area contributed by atoms with E-state index in [2.05, 4.69) is 20.7 Å². The van der Waals surface area contributed by atoms with Crippen LogP contribution in [-0.2, 0) is 4.74 Å². The lowest BCUT2D eigenvalue weighted by Gasteiger charge is -2.28. The Morgan fingerprint density at radius 3 is 2.76 bits per heavy atom. The molecule has 9 heteroatoms. The van der Waals surface area contributed by atoms with Crippen LogP contribution in [0.4, 0.5) is 0 Å². The molecule has 7 nitrogen and oxygen atoms in total. The van der Waals surface area contributed by atoms with Gasteiger partial charge in [0, 0.05) is 56.2 Å². The Morgan fingerprint density at radius 1 is 1.38 bits per heavy atom. The summed E-state index contributed by atoms with van der Waals surface area (Å²) < 4.78 is 7.48. The number of nitrogens with one attached hydrogen (secondary N) is 2. The topological polar surface area (TPSA) is 83.7 Å². The molecule has 3 N–H and O–H groups in total. The second kappa shape index (κ2) is 11.7. The highest BCUT2D eigenvalue weighted by molar-refractivity contribution is 14.0. The summed E-state index contributed by atoms with van der Waals surface area (Å²) in [5, 5.41) is 21.3. The number of ether oxygens (including phenoxy) is 1. The van der Waals surface area contributed by atoms with E-state index >= 15 is 0 Å². The first-order chi connectivity index (χ1) is 13.7. The van der Waals surface area contributed by atoms with Crippen LogP contribution in [0.15, 0.2) is 47.7 Å². The maximum atomic E-state index is 9.39. The number of hydrogen-bond acceptors (Lipinski definition) is 4. The van der Waals surface area contributed by atoms with Gasteiger partial charge in [-0.25, -0.2) is 0 Å². The molecule has 0 bridgehead atoms. The number of aliphatic hydroxyl groups excluding tert-OH is 1. The summed E-state index contributed by atoms with van der Waals surface area (Å²) in [4.78, 5) is 4.34. The molecule has 2 unspecified atom stereocenters. The maximum absolute atomic E-state index is 9.39. The van der Waals surface area contributed by atoms with Gasteiger partial charge in [-0.1, -0.05) is 23.7 Å². The summed E-state index contributed by atoms with van der Waals surface area (Å²) in [5.41, 5.74) is 1.07. The Hall–Kier alpha value is -1.36. The second-order valence-corrected chi connectivity index (χ2v) is 7.57. The van der Waals surface area contributed by atoms with Gasteiger partial charge in [-0.2, -0.15) is 5.10 Å². The number of rotatable bonds is 8. The van der Waals surface area contributed by atoms with Crippen molar-refractivity contribution in [2.45, 2.75) is 18.9 Å². The van der Waals surface area contributed by atoms with Crippen molar-refractivity contribution in [3.8, 4) is 0 Å². The lowest BCUT2D eigenvalue weighted by molar-refractivity contribution is 0.127. The van der Waals surface area contributed by atoms with Gasteiger partial charge in [-0.3, -0.25) is 9.67 Å². The zero-order chi connectivity index (χ0) is 19.8. The van der Waals surface area contributed by atoms with Crippen LogP contribution in [0.5, 0.6) is 0 Å². The Labute approximate surface area is 193 Å². The van der Waals surface area contributed by atoms with Gasteiger partial charge in [0.05, 0.1) is 12.6 Å². The van der Waals surface area contributed by atoms with E-state index in [0.717, 1.165) is 31.0 Å². The Morgan fingerprint density at radius 2 is 2.17 bits per heavy atom. The highest BCUT2D eigenvalue weighted by Crippen LogP contribution is 2.31. The number of aliphatic imine (C=N–C) groups is 1. The molecule has 0 spiro atoms. The van der Waals surface area contributed by atoms with Crippen molar-refractivity contribution in [1.82, 2.24) is 20.4 Å². The van der Waals surface area contributed by atoms with Crippen molar-refractivity contribution in [3.63, 3.8) is 0 Å². The molecule has 1 saturated heterocycles. The lowest BCUT2D eigenvalue weighted by atomic mass is 9.84. The number of benzene rings is 1. The van der Waals surface area contributed by atoms with Crippen LogP contribution >= 0.6 is 35.6 Å². The van der Waals surface area contributed by atoms with Crippen LogP contribution in [0.25, 0.3) is 0 Å². The molecule has 0 radical (unpaired) electrons. The summed E-state index contributed by atoms with van der Waals surface area (Å²) in [5.74, 6) is 0.718. The molecular formula is C20H29ClIN5O2. The van der Waals surface area contributed by atoms with Crippen molar-refractivity contribution in [2.24, 2.45) is 10.4 Å². The summed E-state index contributed by atoms with van der Waals surface area (Å²) >= 11 is 6.04. The molecule has 0 aliphatic carbocycles. The number of guanidine groups is 1. The molecule has 2 atom stereocenters. The summed E-state index contributed by atoms with van der Waals surface area (Å²) in [6.07, 6.45) is 5.38. The fraction of sp³-hybridized carbons (Fsp3) is 0.500. The molecule has 160 valence electrons. The van der Waals surface area contributed by atoms with Gasteiger partial charge in [0.15, 0.2) is 5.96 Å². The fourth-order valence-electron chi connectivity index (χ4n) is 3.51. The van der Waals surface area contributed by atoms with Crippen molar-refractivity contribution in [2.75, 3.05) is 40.0 Å². The average molecular weight is 534 g/mol. The van der Waals surface area contributed by atoms with Crippen molar-refractivity contribution < 1.29 is 9.84 Å². The van der Waals surface area contributed by atoms with Crippen molar-refractivity contribution in [1.29, 1.82) is 0 Å². The van der Waals surface area contributed by atoms with Gasteiger partial charge < -0.3 is 20.5 Å². The standard InChI is InChI=1S/C20H28ClN5O2.HI/c1-22-19(24-14-20(7-11-27)8-12-28-15-20)23-13-18(26-10-2-9-25-26)16-3-5-17(21)6-4-16;/h2-6,9-10,18,27H,7-8,11-15H2,1H3,(H2,22,23,24);1H. The minimum Gasteiger partial charge on any atom is -0.396 e. The SMILES string of the molecule is CN=C(NCC(c1ccc(Cl)cc1)n1cccn1)NCC1(CCO)CCOC1.I. The fourth-order valence-corrected chi connectivity index (χ4v) is 3.64. The number of nitrogens with zero attached hydrogens (tertiary/aromatic N) is 3. The molecule has 2 aromatic rings. The first kappa shape index (κ1) is 23.9. The summed E-state index contributed by atoms with van der Waals surface area (Å²) in [6.45, 7) is 2.89. The smallest absolute Gasteiger partial charge is 0.191 e. The largest absolute Gasteiger partial charge is 0.396 e. The normalized spacial score (nSPS) is 20.2. The second-order valence-electron chi connectivity index (χ2n) is 7.14. The highest BCUT2D eigenvalue weighted by atomic mass is 127. The third-order valence-electron chi connectivity index (χ3n) is 5.24. The molecule has 2 heterocycles. The van der Waals surface area contributed by atoms with Gasteiger partial charge in [0.2, 0.25) is 0 Å². The first-order valence-electron chi connectivity index (χ1n) is 9.53. The van der Waals surface area contributed by atoms with Crippen LogP contribution < -0.4 is 10.6 Å². The van der Waals surface area contributed by atoms with E-state index in [0.29, 0.717) is 24.7 Å². The van der Waals surface area contributed by atoms with Crippen molar-refractivity contribution in [3.05, 3.63) is 53.3 Å². The predicted molar refractivity (Wildman–Crippen MR) is 126 cm³/mol. The van der Waals surface area contributed by atoms with Crippen LogP contribution in [0, 0.1) is 5.41 Å². The molecule has 1 fully saturated rings. The van der Waals surface area contributed by atoms with Gasteiger partial charge in [-0.05, 0) is 36.6 Å². The van der Waals surface area contributed by atoms with Gasteiger partial charge in [0.1, 0.15) is 0 Å². The molecule has 1 aliphatic rings. The Bertz CT molecular complexity index is 749. The maximum Gasteiger partial charge on any atom is 0.191 e. The molecule has 0 amide bonds. The van der Waals surface area contributed by atoms with E-state index < -0.39 is 0 Å². The monoisotopic (exact) mass is 533 g/mol. The number of hydrogen-bond donors (Lipinski definition) is 3. The molecule has 29 heavy (non-hydrogen) atoms. The van der Waals surface area contributed by atoms with E-state index in [9.17, 15) is 5.11 Å². The minimum atomic E-state index is -0.0378. The molecule has 0 saturated carbocycles. The zero-order valence-electron chi connectivity index (χ0n) is 16.6. The first-order valence-corrected chi connectivity index (χ1v) is 9.91. The highest BCUT2D eigenvalue weighted by Gasteiger charge is 2.34.